The van der Waals surface area contributed by atoms with Crippen molar-refractivity contribution in [2.45, 2.75) is 13.5 Å². The second kappa shape index (κ2) is 7.21. The number of hydrogen-bond acceptors (Lipinski definition) is 5. The van der Waals surface area contributed by atoms with Crippen LogP contribution in [0.1, 0.15) is 17.3 Å². The molecule has 0 saturated heterocycles. The molecule has 0 bridgehead atoms. The van der Waals surface area contributed by atoms with Gasteiger partial charge in [0.05, 0.1) is 12.8 Å². The molecule has 3 rings (SSSR count). The number of carbonyl (C=O) groups is 1. The van der Waals surface area contributed by atoms with Crippen molar-refractivity contribution in [3.8, 4) is 0 Å². The molecule has 25 heavy (non-hydrogen) atoms. The Kier molecular flexibility index (Phi) is 4.83. The number of rotatable bonds is 6. The molecule has 2 aromatic heterocycles. The van der Waals surface area contributed by atoms with Gasteiger partial charge in [0.2, 0.25) is 0 Å². The third kappa shape index (κ3) is 3.40. The molecule has 130 valence electrons. The van der Waals surface area contributed by atoms with Gasteiger partial charge >= 0.3 is 5.97 Å². The summed E-state index contributed by atoms with van der Waals surface area (Å²) in [6, 6.07) is 11.8. The maximum atomic E-state index is 12.4. The van der Waals surface area contributed by atoms with Gasteiger partial charge in [-0.15, -0.1) is 0 Å². The summed E-state index contributed by atoms with van der Waals surface area (Å²) in [6.45, 7) is 3.22. The number of likely N-dealkylation sites (N-methyl/N-ethyl adjacent to an activating group) is 1. The number of hydrogen-bond donors (Lipinski definition) is 0. The van der Waals surface area contributed by atoms with Gasteiger partial charge in [-0.2, -0.15) is 9.61 Å². The van der Waals surface area contributed by atoms with Crippen molar-refractivity contribution in [2.24, 2.45) is 0 Å². The van der Waals surface area contributed by atoms with E-state index in [2.05, 4.69) is 10.00 Å². The van der Waals surface area contributed by atoms with Crippen LogP contribution in [0, 0.1) is 0 Å². The molecule has 0 aliphatic heterocycles. The first-order valence-corrected chi connectivity index (χ1v) is 8.12. The molecule has 0 fully saturated rings. The van der Waals surface area contributed by atoms with Gasteiger partial charge in [-0.25, -0.2) is 4.79 Å². The smallest absolute Gasteiger partial charge is 0.345 e. The van der Waals surface area contributed by atoms with Gasteiger partial charge in [-0.05, 0) is 19.1 Å². The molecule has 7 nitrogen and oxygen atoms in total. The van der Waals surface area contributed by atoms with E-state index in [0.29, 0.717) is 18.7 Å². The monoisotopic (exact) mass is 340 g/mol. The molecule has 0 unspecified atom stereocenters. The normalized spacial score (nSPS) is 10.8. The molecule has 0 radical (unpaired) electrons. The Morgan fingerprint density at radius 2 is 2.00 bits per heavy atom. The molecule has 0 N–H and O–H groups in total. The maximum absolute atomic E-state index is 12.4. The summed E-state index contributed by atoms with van der Waals surface area (Å²) >= 11 is 0. The van der Waals surface area contributed by atoms with Crippen molar-refractivity contribution >= 4 is 17.3 Å². The molecular formula is C18H20N4O3. The highest BCUT2D eigenvalue weighted by atomic mass is 16.5. The largest absolute Gasteiger partial charge is 0.462 e. The van der Waals surface area contributed by atoms with Crippen LogP contribution in [-0.4, -0.2) is 40.3 Å². The molecule has 0 saturated carbocycles. The van der Waals surface area contributed by atoms with Crippen LogP contribution in [0.2, 0.25) is 0 Å². The van der Waals surface area contributed by atoms with E-state index in [1.54, 1.807) is 25.4 Å². The molecule has 2 heterocycles. The minimum atomic E-state index is -0.630. The molecule has 0 aliphatic rings. The van der Waals surface area contributed by atoms with Crippen molar-refractivity contribution in [1.29, 1.82) is 0 Å². The van der Waals surface area contributed by atoms with Crippen molar-refractivity contribution in [3.63, 3.8) is 0 Å². The zero-order chi connectivity index (χ0) is 17.8. The average Bonchev–Trinajstić information content (AvgIpc) is 3.12. The lowest BCUT2D eigenvalue weighted by Gasteiger charge is -2.20. The molecular weight excluding hydrogens is 320 g/mol. The fourth-order valence-electron chi connectivity index (χ4n) is 2.66. The number of carbonyl (C=O) groups excluding carboxylic acids is 1. The molecule has 7 heteroatoms. The second-order valence-corrected chi connectivity index (χ2v) is 5.62. The summed E-state index contributed by atoms with van der Waals surface area (Å²) in [7, 11) is 2.00. The number of fused-ring (bicyclic) bond motifs is 1. The van der Waals surface area contributed by atoms with Crippen LogP contribution in [0.15, 0.2) is 53.6 Å². The minimum absolute atomic E-state index is 0.0135. The van der Waals surface area contributed by atoms with E-state index >= 15 is 0 Å². The van der Waals surface area contributed by atoms with Gasteiger partial charge in [0.25, 0.3) is 5.56 Å². The van der Waals surface area contributed by atoms with E-state index in [0.717, 1.165) is 5.69 Å². The number of anilines is 1. The number of ether oxygens (including phenoxy) is 1. The topological polar surface area (TPSA) is 68.8 Å². The predicted octanol–water partition coefficient (Wildman–Crippen LogP) is 1.81. The Labute approximate surface area is 145 Å². The van der Waals surface area contributed by atoms with Crippen LogP contribution in [-0.2, 0) is 11.3 Å². The lowest BCUT2D eigenvalue weighted by molar-refractivity contribution is 0.0522. The summed E-state index contributed by atoms with van der Waals surface area (Å²) in [5.41, 5.74) is 1.25. The van der Waals surface area contributed by atoms with E-state index in [4.69, 9.17) is 4.74 Å². The van der Waals surface area contributed by atoms with Gasteiger partial charge in [-0.1, -0.05) is 18.2 Å². The van der Waals surface area contributed by atoms with E-state index in [1.165, 1.54) is 4.52 Å². The quantitative estimate of drug-likeness (QED) is 0.640. The molecule has 0 spiro atoms. The number of aromatic nitrogens is 3. The fraction of sp³-hybridized carbons (Fsp3) is 0.278. The SMILES string of the molecule is CCOC(=O)c1cn(CCN(C)c2ccccc2)c2ccnn2c1=O. The van der Waals surface area contributed by atoms with Crippen LogP contribution in [0.5, 0.6) is 0 Å². The standard InChI is InChI=1S/C18H20N4O3/c1-3-25-18(24)15-13-21(16-9-10-19-22(16)17(15)23)12-11-20(2)14-7-5-4-6-8-14/h4-10,13H,3,11-12H2,1-2H3. The molecule has 1 aromatic carbocycles. The first-order valence-electron chi connectivity index (χ1n) is 8.12. The Balaban J connectivity index is 1.90. The maximum Gasteiger partial charge on any atom is 0.345 e. The highest BCUT2D eigenvalue weighted by molar-refractivity contribution is 5.88. The summed E-state index contributed by atoms with van der Waals surface area (Å²) in [5, 5.41) is 4.03. The molecule has 3 aromatic rings. The second-order valence-electron chi connectivity index (χ2n) is 5.62. The zero-order valence-electron chi connectivity index (χ0n) is 14.3. The van der Waals surface area contributed by atoms with Crippen LogP contribution < -0.4 is 10.5 Å². The van der Waals surface area contributed by atoms with Gasteiger partial charge < -0.3 is 14.2 Å². The van der Waals surface area contributed by atoms with Crippen molar-refractivity contribution in [3.05, 3.63) is 64.7 Å². The summed E-state index contributed by atoms with van der Waals surface area (Å²) in [5.74, 6) is -0.630. The lowest BCUT2D eigenvalue weighted by Crippen LogP contribution is -2.29. The van der Waals surface area contributed by atoms with Crippen molar-refractivity contribution in [1.82, 2.24) is 14.2 Å². The Morgan fingerprint density at radius 1 is 1.24 bits per heavy atom. The number of nitrogens with zero attached hydrogens (tertiary/aromatic N) is 4. The molecule has 0 aliphatic carbocycles. The summed E-state index contributed by atoms with van der Waals surface area (Å²) in [4.78, 5) is 26.6. The van der Waals surface area contributed by atoms with E-state index in [1.807, 2.05) is 41.9 Å². The first-order chi connectivity index (χ1) is 12.1. The third-order valence-electron chi connectivity index (χ3n) is 3.99. The van der Waals surface area contributed by atoms with Gasteiger partial charge in [0, 0.05) is 38.1 Å². The number of para-hydroxylation sites is 1. The van der Waals surface area contributed by atoms with Gasteiger partial charge in [0.1, 0.15) is 11.2 Å². The summed E-state index contributed by atoms with van der Waals surface area (Å²) in [6.07, 6.45) is 3.10. The van der Waals surface area contributed by atoms with Crippen LogP contribution in [0.3, 0.4) is 0 Å². The Hall–Kier alpha value is -3.09. The van der Waals surface area contributed by atoms with E-state index in [-0.39, 0.29) is 12.2 Å². The van der Waals surface area contributed by atoms with Crippen molar-refractivity contribution in [2.75, 3.05) is 25.1 Å². The molecule has 0 amide bonds. The zero-order valence-corrected chi connectivity index (χ0v) is 14.3. The Morgan fingerprint density at radius 3 is 2.72 bits per heavy atom. The lowest BCUT2D eigenvalue weighted by atomic mass is 10.3. The van der Waals surface area contributed by atoms with Crippen LogP contribution in [0.4, 0.5) is 5.69 Å². The summed E-state index contributed by atoms with van der Waals surface area (Å²) < 4.78 is 8.06. The number of esters is 1. The number of benzene rings is 1. The highest BCUT2D eigenvalue weighted by Gasteiger charge is 2.17. The average molecular weight is 340 g/mol. The highest BCUT2D eigenvalue weighted by Crippen LogP contribution is 2.11. The van der Waals surface area contributed by atoms with E-state index < -0.39 is 11.5 Å². The van der Waals surface area contributed by atoms with E-state index in [9.17, 15) is 9.59 Å². The van der Waals surface area contributed by atoms with Gasteiger partial charge in [-0.3, -0.25) is 4.79 Å². The first kappa shape index (κ1) is 16.8. The predicted molar refractivity (Wildman–Crippen MR) is 95.1 cm³/mol. The van der Waals surface area contributed by atoms with Gasteiger partial charge in [0.15, 0.2) is 0 Å². The van der Waals surface area contributed by atoms with Crippen LogP contribution >= 0.6 is 0 Å². The Bertz CT molecular complexity index is 930. The third-order valence-corrected chi connectivity index (χ3v) is 3.99. The fourth-order valence-corrected chi connectivity index (χ4v) is 2.66. The minimum Gasteiger partial charge on any atom is -0.462 e. The molecule has 0 atom stereocenters. The van der Waals surface area contributed by atoms with Crippen LogP contribution in [0.25, 0.3) is 5.65 Å². The van der Waals surface area contributed by atoms with Crippen molar-refractivity contribution < 1.29 is 9.53 Å².